The highest BCUT2D eigenvalue weighted by Gasteiger charge is 2.62. The maximum absolute atomic E-state index is 12.2. The molecule has 4 saturated carbocycles. The van der Waals surface area contributed by atoms with Crippen LogP contribution in [0.25, 0.3) is 0 Å². The molecule has 0 aromatic carbocycles. The summed E-state index contributed by atoms with van der Waals surface area (Å²) >= 11 is 0. The van der Waals surface area contributed by atoms with E-state index in [0.29, 0.717) is 23.5 Å². The predicted octanol–water partition coefficient (Wildman–Crippen LogP) is 3.57. The van der Waals surface area contributed by atoms with Gasteiger partial charge in [-0.15, -0.1) is 0 Å². The summed E-state index contributed by atoms with van der Waals surface area (Å²) in [5.41, 5.74) is 0.335. The molecular formula is C21H34O3. The van der Waals surface area contributed by atoms with Crippen molar-refractivity contribution in [2.45, 2.75) is 84.3 Å². The van der Waals surface area contributed by atoms with Crippen molar-refractivity contribution < 1.29 is 15.0 Å². The minimum Gasteiger partial charge on any atom is -0.393 e. The first-order valence-corrected chi connectivity index (χ1v) is 10.1. The Balaban J connectivity index is 1.65. The van der Waals surface area contributed by atoms with Crippen LogP contribution in [0.5, 0.6) is 0 Å². The summed E-state index contributed by atoms with van der Waals surface area (Å²) < 4.78 is 0. The second-order valence-corrected chi connectivity index (χ2v) is 10.0. The zero-order valence-electron chi connectivity index (χ0n) is 15.5. The van der Waals surface area contributed by atoms with Crippen LogP contribution in [0.4, 0.5) is 0 Å². The largest absolute Gasteiger partial charge is 0.393 e. The number of carbonyl (C=O) groups is 1. The highest BCUT2D eigenvalue weighted by atomic mass is 16.3. The minimum absolute atomic E-state index is 0.157. The van der Waals surface area contributed by atoms with Crippen LogP contribution < -0.4 is 0 Å². The van der Waals surface area contributed by atoms with Gasteiger partial charge in [-0.3, -0.25) is 4.79 Å². The van der Waals surface area contributed by atoms with E-state index in [-0.39, 0.29) is 34.9 Å². The van der Waals surface area contributed by atoms with E-state index in [1.54, 1.807) is 6.92 Å². The number of aliphatic hydroxyl groups excluding tert-OH is 2. The first-order chi connectivity index (χ1) is 11.3. The summed E-state index contributed by atoms with van der Waals surface area (Å²) in [5, 5.41) is 21.0. The summed E-state index contributed by atoms with van der Waals surface area (Å²) in [6.07, 6.45) is 7.70. The molecule has 0 amide bonds. The second-order valence-electron chi connectivity index (χ2n) is 10.0. The summed E-state index contributed by atoms with van der Waals surface area (Å²) in [7, 11) is 0. The van der Waals surface area contributed by atoms with Gasteiger partial charge >= 0.3 is 0 Å². The lowest BCUT2D eigenvalue weighted by Crippen LogP contribution is -2.58. The van der Waals surface area contributed by atoms with E-state index >= 15 is 0 Å². The van der Waals surface area contributed by atoms with Crippen LogP contribution in [0.15, 0.2) is 0 Å². The van der Waals surface area contributed by atoms with Crippen molar-refractivity contribution in [3.05, 3.63) is 0 Å². The van der Waals surface area contributed by atoms with E-state index in [2.05, 4.69) is 13.8 Å². The first kappa shape index (κ1) is 17.0. The molecule has 4 rings (SSSR count). The van der Waals surface area contributed by atoms with Crippen molar-refractivity contribution in [1.29, 1.82) is 0 Å². The van der Waals surface area contributed by atoms with Gasteiger partial charge in [-0.25, -0.2) is 0 Å². The van der Waals surface area contributed by atoms with E-state index in [1.165, 1.54) is 12.8 Å². The number of Topliss-reactive ketones (excluding diaryl/α,β-unsaturated/α-hetero) is 1. The molecule has 7 unspecified atom stereocenters. The molecule has 2 N–H and O–H groups in total. The number of hydrogen-bond donors (Lipinski definition) is 2. The Morgan fingerprint density at radius 3 is 2.25 bits per heavy atom. The van der Waals surface area contributed by atoms with Crippen molar-refractivity contribution in [3.8, 4) is 0 Å². The summed E-state index contributed by atoms with van der Waals surface area (Å²) in [6.45, 7) is 6.53. The maximum Gasteiger partial charge on any atom is 0.133 e. The lowest BCUT2D eigenvalue weighted by Gasteiger charge is -2.62. The van der Waals surface area contributed by atoms with Crippen LogP contribution in [-0.4, -0.2) is 28.2 Å². The average molecular weight is 335 g/mol. The molecule has 3 heteroatoms. The monoisotopic (exact) mass is 334 g/mol. The van der Waals surface area contributed by atoms with Gasteiger partial charge in [0.15, 0.2) is 0 Å². The molecule has 3 nitrogen and oxygen atoms in total. The van der Waals surface area contributed by atoms with Crippen molar-refractivity contribution in [2.75, 3.05) is 0 Å². The fourth-order valence-electron chi connectivity index (χ4n) is 7.95. The lowest BCUT2D eigenvalue weighted by atomic mass is 9.44. The molecule has 9 atom stereocenters. The molecule has 0 aromatic rings. The Morgan fingerprint density at radius 1 is 0.875 bits per heavy atom. The quantitative estimate of drug-likeness (QED) is 0.771. The molecule has 0 radical (unpaired) electrons. The third-order valence-corrected chi connectivity index (χ3v) is 9.14. The third kappa shape index (κ3) is 2.19. The van der Waals surface area contributed by atoms with Gasteiger partial charge in [0.1, 0.15) is 5.78 Å². The Labute approximate surface area is 146 Å². The summed E-state index contributed by atoms with van der Waals surface area (Å²) in [4.78, 5) is 12.2. The third-order valence-electron chi connectivity index (χ3n) is 9.14. The van der Waals surface area contributed by atoms with E-state index < -0.39 is 0 Å². The number of hydrogen-bond acceptors (Lipinski definition) is 3. The van der Waals surface area contributed by atoms with Crippen LogP contribution in [0.3, 0.4) is 0 Å². The molecule has 136 valence electrons. The Bertz CT molecular complexity index is 531. The SMILES string of the molecule is CC(=O)C1CCC2C3C[C@H](O)C4C[C@H](O)CCC4(C)C3CCC12C. The molecule has 0 saturated heterocycles. The number of rotatable bonds is 1. The molecule has 24 heavy (non-hydrogen) atoms. The summed E-state index contributed by atoms with van der Waals surface area (Å²) in [6, 6.07) is 0. The lowest BCUT2D eigenvalue weighted by molar-refractivity contribution is -0.171. The van der Waals surface area contributed by atoms with Gasteiger partial charge in [0.25, 0.3) is 0 Å². The Morgan fingerprint density at radius 2 is 1.54 bits per heavy atom. The fraction of sp³-hybridized carbons (Fsp3) is 0.952. The van der Waals surface area contributed by atoms with E-state index in [0.717, 1.165) is 38.5 Å². The van der Waals surface area contributed by atoms with Crippen molar-refractivity contribution in [3.63, 3.8) is 0 Å². The number of ketones is 1. The molecule has 0 aromatic heterocycles. The number of carbonyl (C=O) groups excluding carboxylic acids is 1. The number of aliphatic hydroxyl groups is 2. The topological polar surface area (TPSA) is 57.5 Å². The number of fused-ring (bicyclic) bond motifs is 5. The van der Waals surface area contributed by atoms with E-state index in [1.807, 2.05) is 0 Å². The van der Waals surface area contributed by atoms with Crippen LogP contribution in [0, 0.1) is 40.4 Å². The Kier molecular flexibility index (Phi) is 3.93. The van der Waals surface area contributed by atoms with Gasteiger partial charge < -0.3 is 10.2 Å². The zero-order valence-corrected chi connectivity index (χ0v) is 15.5. The molecule has 4 fully saturated rings. The molecule has 4 aliphatic rings. The minimum atomic E-state index is -0.273. The van der Waals surface area contributed by atoms with E-state index in [9.17, 15) is 15.0 Å². The molecule has 0 bridgehead atoms. The van der Waals surface area contributed by atoms with Crippen molar-refractivity contribution >= 4 is 5.78 Å². The highest BCUT2D eigenvalue weighted by molar-refractivity contribution is 5.79. The zero-order chi connectivity index (χ0) is 17.3. The van der Waals surface area contributed by atoms with E-state index in [4.69, 9.17) is 0 Å². The van der Waals surface area contributed by atoms with Crippen LogP contribution >= 0.6 is 0 Å². The molecule has 0 heterocycles. The molecular weight excluding hydrogens is 300 g/mol. The molecule has 4 aliphatic carbocycles. The highest BCUT2D eigenvalue weighted by Crippen LogP contribution is 2.67. The van der Waals surface area contributed by atoms with Gasteiger partial charge in [-0.05, 0) is 92.8 Å². The van der Waals surface area contributed by atoms with Gasteiger partial charge in [-0.2, -0.15) is 0 Å². The van der Waals surface area contributed by atoms with Crippen molar-refractivity contribution in [2.24, 2.45) is 40.4 Å². The van der Waals surface area contributed by atoms with Crippen LogP contribution in [0.2, 0.25) is 0 Å². The Hall–Kier alpha value is -0.410. The van der Waals surface area contributed by atoms with Crippen LogP contribution in [0.1, 0.15) is 72.1 Å². The summed E-state index contributed by atoms with van der Waals surface area (Å²) in [5.74, 6) is 2.71. The second kappa shape index (κ2) is 5.54. The van der Waals surface area contributed by atoms with Crippen LogP contribution in [-0.2, 0) is 4.79 Å². The predicted molar refractivity (Wildman–Crippen MR) is 93.3 cm³/mol. The molecule has 0 spiro atoms. The average Bonchev–Trinajstić information content (AvgIpc) is 2.87. The maximum atomic E-state index is 12.2. The van der Waals surface area contributed by atoms with Gasteiger partial charge in [0, 0.05) is 5.92 Å². The standard InChI is InChI=1S/C21H34O3/c1-12(22)15-4-5-16-14-11-19(24)18-10-13(23)6-8-21(18,3)17(14)7-9-20(15,16)2/h13-19,23-24H,4-11H2,1-3H3/t13-,14?,15?,16?,17?,18?,19+,20?,21?/m1/s1. The van der Waals surface area contributed by atoms with Gasteiger partial charge in [-0.1, -0.05) is 13.8 Å². The first-order valence-electron chi connectivity index (χ1n) is 10.1. The fourth-order valence-corrected chi connectivity index (χ4v) is 7.95. The normalized spacial score (nSPS) is 57.0. The van der Waals surface area contributed by atoms with Gasteiger partial charge in [0.05, 0.1) is 12.2 Å². The smallest absolute Gasteiger partial charge is 0.133 e. The van der Waals surface area contributed by atoms with Gasteiger partial charge in [0.2, 0.25) is 0 Å². The van der Waals surface area contributed by atoms with Crippen molar-refractivity contribution in [1.82, 2.24) is 0 Å². The molecule has 0 aliphatic heterocycles.